The van der Waals surface area contributed by atoms with Crippen LogP contribution < -0.4 is 5.32 Å². The predicted molar refractivity (Wildman–Crippen MR) is 82.2 cm³/mol. The summed E-state index contributed by atoms with van der Waals surface area (Å²) in [7, 11) is 0. The molecule has 0 saturated heterocycles. The van der Waals surface area contributed by atoms with Gasteiger partial charge in [-0.2, -0.15) is 5.26 Å². The highest BCUT2D eigenvalue weighted by atomic mass is 79.9. The molecule has 2 rings (SSSR count). The standard InChI is InChI=1S/C16H15BrN2/c1-12-3-2-4-13(7-12)5-6-19-16-9-14(11-18)8-15(17)10-16/h2-4,7-10,19H,5-6H2,1H3. The number of nitriles is 1. The van der Waals surface area contributed by atoms with Crippen molar-refractivity contribution in [1.82, 2.24) is 0 Å². The lowest BCUT2D eigenvalue weighted by atomic mass is 10.1. The molecule has 2 nitrogen and oxygen atoms in total. The third-order valence-corrected chi connectivity index (χ3v) is 3.31. The molecule has 0 bridgehead atoms. The van der Waals surface area contributed by atoms with Crippen LogP contribution in [0.3, 0.4) is 0 Å². The monoisotopic (exact) mass is 314 g/mol. The van der Waals surface area contributed by atoms with Crippen LogP contribution in [0.5, 0.6) is 0 Å². The lowest BCUT2D eigenvalue weighted by Gasteiger charge is -2.08. The van der Waals surface area contributed by atoms with Gasteiger partial charge < -0.3 is 5.32 Å². The van der Waals surface area contributed by atoms with E-state index in [1.165, 1.54) is 11.1 Å². The number of hydrogen-bond donors (Lipinski definition) is 1. The molecule has 0 heterocycles. The van der Waals surface area contributed by atoms with Gasteiger partial charge in [0.1, 0.15) is 0 Å². The Morgan fingerprint density at radius 1 is 1.21 bits per heavy atom. The van der Waals surface area contributed by atoms with Crippen molar-refractivity contribution in [2.45, 2.75) is 13.3 Å². The molecule has 0 aliphatic carbocycles. The van der Waals surface area contributed by atoms with E-state index in [1.807, 2.05) is 18.2 Å². The maximum atomic E-state index is 8.92. The number of rotatable bonds is 4. The van der Waals surface area contributed by atoms with Gasteiger partial charge in [0.05, 0.1) is 11.6 Å². The molecule has 0 saturated carbocycles. The smallest absolute Gasteiger partial charge is 0.0992 e. The average Bonchev–Trinajstić information content (AvgIpc) is 2.38. The minimum absolute atomic E-state index is 0.660. The van der Waals surface area contributed by atoms with Crippen molar-refractivity contribution in [3.63, 3.8) is 0 Å². The van der Waals surface area contributed by atoms with Crippen molar-refractivity contribution in [3.05, 3.63) is 63.6 Å². The Morgan fingerprint density at radius 2 is 2.05 bits per heavy atom. The fraction of sp³-hybridized carbons (Fsp3) is 0.188. The SMILES string of the molecule is Cc1cccc(CCNc2cc(Br)cc(C#N)c2)c1. The van der Waals surface area contributed by atoms with Crippen LogP contribution in [0, 0.1) is 18.3 Å². The Morgan fingerprint density at radius 3 is 2.79 bits per heavy atom. The first-order chi connectivity index (χ1) is 9.17. The van der Waals surface area contributed by atoms with Gasteiger partial charge in [-0.25, -0.2) is 0 Å². The van der Waals surface area contributed by atoms with Crippen LogP contribution in [0.2, 0.25) is 0 Å². The molecule has 0 aromatic heterocycles. The van der Waals surface area contributed by atoms with E-state index in [2.05, 4.69) is 58.5 Å². The van der Waals surface area contributed by atoms with Gasteiger partial charge in [-0.1, -0.05) is 45.8 Å². The third-order valence-electron chi connectivity index (χ3n) is 2.85. The lowest BCUT2D eigenvalue weighted by Crippen LogP contribution is -2.05. The molecular weight excluding hydrogens is 300 g/mol. The van der Waals surface area contributed by atoms with Gasteiger partial charge >= 0.3 is 0 Å². The van der Waals surface area contributed by atoms with Crippen LogP contribution in [0.1, 0.15) is 16.7 Å². The zero-order chi connectivity index (χ0) is 13.7. The summed E-state index contributed by atoms with van der Waals surface area (Å²) in [6.45, 7) is 2.95. The highest BCUT2D eigenvalue weighted by molar-refractivity contribution is 9.10. The largest absolute Gasteiger partial charge is 0.385 e. The minimum atomic E-state index is 0.660. The Balaban J connectivity index is 1.96. The predicted octanol–water partition coefficient (Wildman–Crippen LogP) is 4.28. The van der Waals surface area contributed by atoms with Gasteiger partial charge in [0.15, 0.2) is 0 Å². The van der Waals surface area contributed by atoms with Crippen molar-refractivity contribution in [2.75, 3.05) is 11.9 Å². The summed E-state index contributed by atoms with van der Waals surface area (Å²) < 4.78 is 0.921. The lowest BCUT2D eigenvalue weighted by molar-refractivity contribution is 1.02. The van der Waals surface area contributed by atoms with Crippen LogP contribution in [-0.4, -0.2) is 6.54 Å². The molecule has 96 valence electrons. The summed E-state index contributed by atoms with van der Waals surface area (Å²) >= 11 is 3.41. The number of hydrogen-bond acceptors (Lipinski definition) is 2. The van der Waals surface area contributed by atoms with Crippen molar-refractivity contribution in [2.24, 2.45) is 0 Å². The molecule has 0 aliphatic heterocycles. The van der Waals surface area contributed by atoms with E-state index in [0.717, 1.165) is 23.1 Å². The van der Waals surface area contributed by atoms with E-state index >= 15 is 0 Å². The van der Waals surface area contributed by atoms with Crippen LogP contribution in [0.4, 0.5) is 5.69 Å². The topological polar surface area (TPSA) is 35.8 Å². The highest BCUT2D eigenvalue weighted by Gasteiger charge is 1.99. The summed E-state index contributed by atoms with van der Waals surface area (Å²) in [5.41, 5.74) is 4.24. The van der Waals surface area contributed by atoms with E-state index < -0.39 is 0 Å². The van der Waals surface area contributed by atoms with E-state index in [-0.39, 0.29) is 0 Å². The quantitative estimate of drug-likeness (QED) is 0.914. The summed E-state index contributed by atoms with van der Waals surface area (Å²) in [5.74, 6) is 0. The van der Waals surface area contributed by atoms with Gasteiger partial charge in [-0.05, 0) is 37.1 Å². The summed E-state index contributed by atoms with van der Waals surface area (Å²) in [5, 5.41) is 12.3. The summed E-state index contributed by atoms with van der Waals surface area (Å²) in [6, 6.07) is 16.3. The molecular formula is C16H15BrN2. The third kappa shape index (κ3) is 4.11. The molecule has 2 aromatic rings. The van der Waals surface area contributed by atoms with Crippen LogP contribution >= 0.6 is 15.9 Å². The number of nitrogens with zero attached hydrogens (tertiary/aromatic N) is 1. The number of anilines is 1. The molecule has 0 aliphatic rings. The second kappa shape index (κ2) is 6.40. The second-order valence-electron chi connectivity index (χ2n) is 4.51. The molecule has 0 radical (unpaired) electrons. The van der Waals surface area contributed by atoms with Crippen molar-refractivity contribution < 1.29 is 0 Å². The van der Waals surface area contributed by atoms with Gasteiger partial charge in [0.25, 0.3) is 0 Å². The van der Waals surface area contributed by atoms with Gasteiger partial charge in [-0.15, -0.1) is 0 Å². The number of aryl methyl sites for hydroxylation is 1. The molecule has 19 heavy (non-hydrogen) atoms. The zero-order valence-corrected chi connectivity index (χ0v) is 12.4. The molecule has 0 unspecified atom stereocenters. The van der Waals surface area contributed by atoms with Crippen LogP contribution in [0.25, 0.3) is 0 Å². The molecule has 0 amide bonds. The second-order valence-corrected chi connectivity index (χ2v) is 5.42. The molecule has 3 heteroatoms. The maximum Gasteiger partial charge on any atom is 0.0992 e. The zero-order valence-electron chi connectivity index (χ0n) is 10.8. The Hall–Kier alpha value is -1.79. The van der Waals surface area contributed by atoms with Crippen LogP contribution in [-0.2, 0) is 6.42 Å². The van der Waals surface area contributed by atoms with Crippen LogP contribution in [0.15, 0.2) is 46.9 Å². The molecule has 0 atom stereocenters. The van der Waals surface area contributed by atoms with Gasteiger partial charge in [-0.3, -0.25) is 0 Å². The van der Waals surface area contributed by atoms with Gasteiger partial charge in [0.2, 0.25) is 0 Å². The first-order valence-electron chi connectivity index (χ1n) is 6.17. The summed E-state index contributed by atoms with van der Waals surface area (Å²) in [6.07, 6.45) is 0.968. The normalized spacial score (nSPS) is 9.95. The minimum Gasteiger partial charge on any atom is -0.385 e. The Labute approximate surface area is 122 Å². The number of halogens is 1. The van der Waals surface area contributed by atoms with Gasteiger partial charge in [0, 0.05) is 16.7 Å². The molecule has 1 N–H and O–H groups in total. The van der Waals surface area contributed by atoms with Crippen molar-refractivity contribution in [1.29, 1.82) is 5.26 Å². The van der Waals surface area contributed by atoms with E-state index in [1.54, 1.807) is 0 Å². The van der Waals surface area contributed by atoms with Crippen molar-refractivity contribution >= 4 is 21.6 Å². The van der Waals surface area contributed by atoms with E-state index in [9.17, 15) is 0 Å². The maximum absolute atomic E-state index is 8.92. The fourth-order valence-electron chi connectivity index (χ4n) is 1.98. The van der Waals surface area contributed by atoms with E-state index in [4.69, 9.17) is 5.26 Å². The molecule has 0 spiro atoms. The highest BCUT2D eigenvalue weighted by Crippen LogP contribution is 2.19. The first kappa shape index (κ1) is 13.6. The average molecular weight is 315 g/mol. The summed E-state index contributed by atoms with van der Waals surface area (Å²) in [4.78, 5) is 0. The fourth-order valence-corrected chi connectivity index (χ4v) is 2.47. The number of benzene rings is 2. The number of nitrogens with one attached hydrogen (secondary N) is 1. The molecule has 0 fully saturated rings. The Bertz CT molecular complexity index is 614. The van der Waals surface area contributed by atoms with E-state index in [0.29, 0.717) is 5.56 Å². The first-order valence-corrected chi connectivity index (χ1v) is 6.97. The molecule has 2 aromatic carbocycles. The Kier molecular flexibility index (Phi) is 4.59. The van der Waals surface area contributed by atoms with Crippen molar-refractivity contribution in [3.8, 4) is 6.07 Å².